The first-order valence-electron chi connectivity index (χ1n) is 4.53. The molecular formula is C8H19F2O4P2+. The van der Waals surface area contributed by atoms with Crippen LogP contribution in [0, 0.1) is 5.41 Å². The lowest BCUT2D eigenvalue weighted by Gasteiger charge is -2.27. The number of hydrogen-bond acceptors (Lipinski definition) is 4. The van der Waals surface area contributed by atoms with Crippen molar-refractivity contribution in [3.63, 3.8) is 0 Å². The fraction of sp³-hybridized carbons (Fsp3) is 1.00. The van der Waals surface area contributed by atoms with Gasteiger partial charge in [-0.15, -0.1) is 4.52 Å². The number of hydrogen-bond donors (Lipinski definition) is 0. The fourth-order valence-corrected chi connectivity index (χ4v) is 1.32. The van der Waals surface area contributed by atoms with Gasteiger partial charge < -0.3 is 4.52 Å². The molecule has 3 atom stereocenters. The van der Waals surface area contributed by atoms with Crippen LogP contribution in [0.5, 0.6) is 0 Å². The summed E-state index contributed by atoms with van der Waals surface area (Å²) in [4.78, 5) is 0. The molecule has 16 heavy (non-hydrogen) atoms. The summed E-state index contributed by atoms with van der Waals surface area (Å²) in [7, 11) is -5.63. The zero-order chi connectivity index (χ0) is 13.6. The Morgan fingerprint density at radius 1 is 1.38 bits per heavy atom. The molecule has 0 aromatic heterocycles. The molecule has 0 heterocycles. The zero-order valence-corrected chi connectivity index (χ0v) is 12.1. The largest absolute Gasteiger partial charge is 0.746 e. The molecule has 0 rings (SSSR count). The molecule has 0 saturated carbocycles. The minimum Gasteiger partial charge on any atom is -0.302 e. The van der Waals surface area contributed by atoms with Crippen molar-refractivity contribution in [1.82, 2.24) is 0 Å². The van der Waals surface area contributed by atoms with Crippen molar-refractivity contribution < 1.29 is 26.6 Å². The van der Waals surface area contributed by atoms with Crippen LogP contribution in [0.1, 0.15) is 27.7 Å². The Labute approximate surface area is 96.3 Å². The molecule has 0 aliphatic rings. The van der Waals surface area contributed by atoms with Gasteiger partial charge in [-0.1, -0.05) is 20.8 Å². The molecular weight excluding hydrogens is 260 g/mol. The van der Waals surface area contributed by atoms with Crippen LogP contribution in [0.4, 0.5) is 8.39 Å². The average Bonchev–Trinajstić information content (AvgIpc) is 2.00. The number of rotatable bonds is 3. The van der Waals surface area contributed by atoms with Crippen molar-refractivity contribution in [3.8, 4) is 0 Å². The summed E-state index contributed by atoms with van der Waals surface area (Å²) < 4.78 is 51.2. The van der Waals surface area contributed by atoms with E-state index in [4.69, 9.17) is 9.09 Å². The second-order valence-electron chi connectivity index (χ2n) is 4.26. The van der Waals surface area contributed by atoms with Gasteiger partial charge >= 0.3 is 16.0 Å². The summed E-state index contributed by atoms with van der Waals surface area (Å²) >= 11 is 0. The van der Waals surface area contributed by atoms with Crippen molar-refractivity contribution in [2.24, 2.45) is 5.41 Å². The van der Waals surface area contributed by atoms with Gasteiger partial charge in [-0.3, -0.25) is 4.57 Å². The molecule has 0 fully saturated rings. The minimum absolute atomic E-state index is 0.169. The quantitative estimate of drug-likeness (QED) is 0.714. The fourth-order valence-electron chi connectivity index (χ4n) is 0.441. The van der Waals surface area contributed by atoms with Gasteiger partial charge in [0, 0.05) is 11.2 Å². The molecule has 0 aromatic carbocycles. The topological polar surface area (TPSA) is 52.6 Å². The monoisotopic (exact) mass is 279 g/mol. The molecule has 0 N–H and O–H groups in total. The predicted octanol–water partition coefficient (Wildman–Crippen LogP) is 4.49. The van der Waals surface area contributed by atoms with Crippen molar-refractivity contribution >= 4 is 16.0 Å². The van der Waals surface area contributed by atoms with E-state index < -0.39 is 16.0 Å². The maximum atomic E-state index is 12.5. The summed E-state index contributed by atoms with van der Waals surface area (Å²) in [5, 5.41) is 0. The van der Waals surface area contributed by atoms with Crippen LogP contribution in [0.25, 0.3) is 0 Å². The van der Waals surface area contributed by atoms with Gasteiger partial charge in [0.25, 0.3) is 0 Å². The summed E-state index contributed by atoms with van der Waals surface area (Å²) in [6, 6.07) is 0. The second-order valence-corrected chi connectivity index (χ2v) is 6.75. The Morgan fingerprint density at radius 3 is 1.75 bits per heavy atom. The third kappa shape index (κ3) is 14.1. The van der Waals surface area contributed by atoms with E-state index in [-0.39, 0.29) is 11.5 Å². The van der Waals surface area contributed by atoms with E-state index in [0.717, 1.165) is 13.8 Å². The van der Waals surface area contributed by atoms with Gasteiger partial charge in [0.2, 0.25) is 0 Å². The SMILES string of the molecule is CC(OP(C)(=O)F)C(C)(C)C.CO[P+](=O)F. The Hall–Kier alpha value is 0.110. The molecule has 0 spiro atoms. The van der Waals surface area contributed by atoms with Gasteiger partial charge in [-0.25, -0.2) is 0 Å². The van der Waals surface area contributed by atoms with Crippen LogP contribution < -0.4 is 0 Å². The normalized spacial score (nSPS) is 17.9. The van der Waals surface area contributed by atoms with Gasteiger partial charge in [0.1, 0.15) is 0 Å². The zero-order valence-electron chi connectivity index (χ0n) is 10.4. The molecule has 0 saturated heterocycles. The summed E-state index contributed by atoms with van der Waals surface area (Å²) in [5.74, 6) is 0. The van der Waals surface area contributed by atoms with E-state index >= 15 is 0 Å². The maximum Gasteiger partial charge on any atom is 0.746 e. The molecule has 0 radical (unpaired) electrons. The van der Waals surface area contributed by atoms with Crippen LogP contribution in [-0.4, -0.2) is 19.9 Å². The third-order valence-corrected chi connectivity index (χ3v) is 2.69. The van der Waals surface area contributed by atoms with E-state index in [1.165, 1.54) is 0 Å². The molecule has 8 heteroatoms. The highest BCUT2D eigenvalue weighted by atomic mass is 31.2. The van der Waals surface area contributed by atoms with E-state index in [1.807, 2.05) is 20.8 Å². The van der Waals surface area contributed by atoms with Crippen LogP contribution in [0.2, 0.25) is 0 Å². The number of halogens is 2. The first kappa shape index (κ1) is 18.5. The lowest BCUT2D eigenvalue weighted by atomic mass is 9.91. The summed E-state index contributed by atoms with van der Waals surface area (Å²) in [5.41, 5.74) is -0.169. The molecule has 0 amide bonds. The van der Waals surface area contributed by atoms with Crippen LogP contribution in [0.15, 0.2) is 0 Å². The van der Waals surface area contributed by atoms with Crippen LogP contribution in [0.3, 0.4) is 0 Å². The predicted molar refractivity (Wildman–Crippen MR) is 60.4 cm³/mol. The van der Waals surface area contributed by atoms with Crippen molar-refractivity contribution in [2.45, 2.75) is 33.8 Å². The molecule has 0 aromatic rings. The molecule has 4 nitrogen and oxygen atoms in total. The van der Waals surface area contributed by atoms with Crippen LogP contribution >= 0.6 is 16.0 Å². The Kier molecular flexibility index (Phi) is 8.59. The summed E-state index contributed by atoms with van der Waals surface area (Å²) in [6.45, 7) is 8.43. The lowest BCUT2D eigenvalue weighted by Crippen LogP contribution is -2.24. The molecule has 0 bridgehead atoms. The van der Waals surface area contributed by atoms with E-state index in [1.54, 1.807) is 6.92 Å². The molecule has 0 aliphatic heterocycles. The van der Waals surface area contributed by atoms with Gasteiger partial charge in [-0.2, -0.15) is 4.20 Å². The van der Waals surface area contributed by atoms with E-state index in [9.17, 15) is 13.0 Å². The van der Waals surface area contributed by atoms with Gasteiger partial charge in [-0.05, 0) is 12.3 Å². The van der Waals surface area contributed by atoms with Crippen LogP contribution in [-0.2, 0) is 18.2 Å². The first-order chi connectivity index (χ1) is 6.90. The standard InChI is InChI=1S/C7H16FO2P.CH3FO2P/c1-6(7(2,3)4)10-11(5,8)9;1-4-5(2)3/h6H,1-5H3;1H3/q;+1. The second kappa shape index (κ2) is 7.44. The molecule has 0 aliphatic carbocycles. The maximum absolute atomic E-state index is 12.5. The summed E-state index contributed by atoms with van der Waals surface area (Å²) in [6.07, 6.45) is -0.330. The molecule has 3 unspecified atom stereocenters. The Morgan fingerprint density at radius 2 is 1.69 bits per heavy atom. The average molecular weight is 279 g/mol. The van der Waals surface area contributed by atoms with Crippen molar-refractivity contribution in [2.75, 3.05) is 13.8 Å². The smallest absolute Gasteiger partial charge is 0.302 e. The third-order valence-electron chi connectivity index (χ3n) is 1.71. The lowest BCUT2D eigenvalue weighted by molar-refractivity contribution is 0.0989. The van der Waals surface area contributed by atoms with Gasteiger partial charge in [0.15, 0.2) is 0 Å². The molecule has 98 valence electrons. The Balaban J connectivity index is 0. The highest BCUT2D eigenvalue weighted by molar-refractivity contribution is 7.52. The first-order valence-corrected chi connectivity index (χ1v) is 7.56. The highest BCUT2D eigenvalue weighted by Crippen LogP contribution is 2.47. The highest BCUT2D eigenvalue weighted by Gasteiger charge is 2.27. The van der Waals surface area contributed by atoms with Crippen molar-refractivity contribution in [1.29, 1.82) is 0 Å². The van der Waals surface area contributed by atoms with Gasteiger partial charge in [0.05, 0.1) is 17.4 Å². The minimum atomic E-state index is -3.82. The van der Waals surface area contributed by atoms with E-state index in [2.05, 4.69) is 4.52 Å². The van der Waals surface area contributed by atoms with Crippen molar-refractivity contribution in [3.05, 3.63) is 0 Å². The Bertz CT molecular complexity index is 259. The van der Waals surface area contributed by atoms with E-state index in [0.29, 0.717) is 0 Å².